The monoisotopic (exact) mass is 249 g/mol. The molecule has 0 radical (unpaired) electrons. The maximum atomic E-state index is 12.0. The fourth-order valence-electron chi connectivity index (χ4n) is 1.92. The van der Waals surface area contributed by atoms with Crippen LogP contribution in [0.3, 0.4) is 0 Å². The Balaban J connectivity index is 2.22. The van der Waals surface area contributed by atoms with Crippen molar-refractivity contribution >= 4 is 0 Å². The van der Waals surface area contributed by atoms with Crippen molar-refractivity contribution in [2.24, 2.45) is 7.05 Å². The maximum Gasteiger partial charge on any atom is 0.345 e. The number of hydrogen-bond acceptors (Lipinski definition) is 3. The van der Waals surface area contributed by atoms with Crippen molar-refractivity contribution in [1.29, 1.82) is 0 Å². The summed E-state index contributed by atoms with van der Waals surface area (Å²) in [6, 6.07) is 1.86. The fourth-order valence-corrected chi connectivity index (χ4v) is 1.92. The Morgan fingerprint density at radius 3 is 2.50 bits per heavy atom. The molecule has 0 N–H and O–H groups in total. The minimum atomic E-state index is -0.134. The molecule has 2 rings (SSSR count). The first kappa shape index (κ1) is 12.6. The molecule has 0 aromatic carbocycles. The zero-order valence-corrected chi connectivity index (χ0v) is 11.3. The number of aromatic nitrogens is 5. The van der Waals surface area contributed by atoms with Gasteiger partial charge in [-0.15, -0.1) is 0 Å². The predicted octanol–water partition coefficient (Wildman–Crippen LogP) is 0.776. The number of rotatable bonds is 3. The predicted molar refractivity (Wildman–Crippen MR) is 68.4 cm³/mol. The molecule has 6 heteroatoms. The summed E-state index contributed by atoms with van der Waals surface area (Å²) in [6.45, 7) is 7.32. The first-order chi connectivity index (χ1) is 8.39. The lowest BCUT2D eigenvalue weighted by Gasteiger charge is -2.15. The zero-order chi connectivity index (χ0) is 13.3. The quantitative estimate of drug-likeness (QED) is 0.807. The van der Waals surface area contributed by atoms with Gasteiger partial charge in [-0.3, -0.25) is 9.25 Å². The van der Waals surface area contributed by atoms with Gasteiger partial charge in [0, 0.05) is 24.9 Å². The molecule has 0 atom stereocenters. The van der Waals surface area contributed by atoms with Crippen molar-refractivity contribution < 1.29 is 0 Å². The van der Waals surface area contributed by atoms with E-state index in [9.17, 15) is 4.79 Å². The van der Waals surface area contributed by atoms with Crippen LogP contribution >= 0.6 is 0 Å². The Hall–Kier alpha value is -1.85. The van der Waals surface area contributed by atoms with Gasteiger partial charge in [-0.25, -0.2) is 9.48 Å². The molecule has 6 nitrogen and oxygen atoms in total. The molecule has 0 spiro atoms. The number of hydrogen-bond donors (Lipinski definition) is 0. The topological polar surface area (TPSA) is 57.6 Å². The third-order valence-corrected chi connectivity index (χ3v) is 2.81. The highest BCUT2D eigenvalue weighted by atomic mass is 16.2. The molecule has 0 aliphatic heterocycles. The highest BCUT2D eigenvalue weighted by molar-refractivity contribution is 5.01. The molecule has 2 aromatic rings. The summed E-state index contributed by atoms with van der Waals surface area (Å²) in [5.74, 6) is 0.799. The SMILES string of the molecule is Cn1c(C(C)(C)C)nn(CCn2cccn2)c1=O. The van der Waals surface area contributed by atoms with Gasteiger partial charge in [-0.2, -0.15) is 10.2 Å². The number of nitrogens with zero attached hydrogens (tertiary/aromatic N) is 5. The zero-order valence-electron chi connectivity index (χ0n) is 11.3. The molecule has 2 heterocycles. The summed E-state index contributed by atoms with van der Waals surface area (Å²) < 4.78 is 4.91. The van der Waals surface area contributed by atoms with E-state index in [4.69, 9.17) is 0 Å². The molecule has 0 bridgehead atoms. The molecular weight excluding hydrogens is 230 g/mol. The highest BCUT2D eigenvalue weighted by Crippen LogP contribution is 2.17. The molecule has 0 aliphatic carbocycles. The Labute approximate surface area is 106 Å². The van der Waals surface area contributed by atoms with Gasteiger partial charge in [-0.1, -0.05) is 20.8 Å². The van der Waals surface area contributed by atoms with E-state index < -0.39 is 0 Å². The van der Waals surface area contributed by atoms with Gasteiger partial charge in [0.05, 0.1) is 13.1 Å². The van der Waals surface area contributed by atoms with Crippen LogP contribution in [0.1, 0.15) is 26.6 Å². The van der Waals surface area contributed by atoms with E-state index in [0.29, 0.717) is 13.1 Å². The van der Waals surface area contributed by atoms with Crippen LogP contribution < -0.4 is 5.69 Å². The van der Waals surface area contributed by atoms with Crippen molar-refractivity contribution in [3.63, 3.8) is 0 Å². The van der Waals surface area contributed by atoms with Crippen LogP contribution in [0.4, 0.5) is 0 Å². The Morgan fingerprint density at radius 2 is 2.00 bits per heavy atom. The average Bonchev–Trinajstić information content (AvgIpc) is 2.86. The van der Waals surface area contributed by atoms with Crippen LogP contribution in [0.5, 0.6) is 0 Å². The second-order valence-corrected chi connectivity index (χ2v) is 5.41. The van der Waals surface area contributed by atoms with Gasteiger partial charge in [0.1, 0.15) is 5.82 Å². The minimum Gasteiger partial charge on any atom is -0.282 e. The van der Waals surface area contributed by atoms with Crippen molar-refractivity contribution in [3.8, 4) is 0 Å². The molecule has 0 fully saturated rings. The second kappa shape index (κ2) is 4.44. The van der Waals surface area contributed by atoms with Crippen LogP contribution in [0.15, 0.2) is 23.3 Å². The Morgan fingerprint density at radius 1 is 1.28 bits per heavy atom. The Kier molecular flexibility index (Phi) is 3.11. The molecule has 18 heavy (non-hydrogen) atoms. The molecule has 0 aliphatic rings. The van der Waals surface area contributed by atoms with Crippen molar-refractivity contribution in [2.75, 3.05) is 0 Å². The van der Waals surface area contributed by atoms with Crippen LogP contribution in [0.2, 0.25) is 0 Å². The average molecular weight is 249 g/mol. The lowest BCUT2D eigenvalue weighted by molar-refractivity contribution is 0.473. The van der Waals surface area contributed by atoms with Gasteiger partial charge in [-0.05, 0) is 6.07 Å². The van der Waals surface area contributed by atoms with Gasteiger partial charge in [0.2, 0.25) is 0 Å². The summed E-state index contributed by atoms with van der Waals surface area (Å²) in [5.41, 5.74) is -0.211. The molecular formula is C12H19N5O. The second-order valence-electron chi connectivity index (χ2n) is 5.41. The van der Waals surface area contributed by atoms with Gasteiger partial charge >= 0.3 is 5.69 Å². The van der Waals surface area contributed by atoms with Crippen molar-refractivity contribution in [3.05, 3.63) is 34.8 Å². The van der Waals surface area contributed by atoms with Crippen LogP contribution in [0.25, 0.3) is 0 Å². The normalized spacial score (nSPS) is 12.0. The summed E-state index contributed by atoms with van der Waals surface area (Å²) in [6.07, 6.45) is 3.60. The first-order valence-corrected chi connectivity index (χ1v) is 6.01. The van der Waals surface area contributed by atoms with E-state index in [1.165, 1.54) is 4.68 Å². The van der Waals surface area contributed by atoms with E-state index in [2.05, 4.69) is 10.2 Å². The molecule has 0 saturated carbocycles. The maximum absolute atomic E-state index is 12.0. The molecule has 0 unspecified atom stereocenters. The standard InChI is InChI=1S/C12H19N5O/c1-12(2,3)10-14-17(11(18)15(10)4)9-8-16-7-5-6-13-16/h5-7H,8-9H2,1-4H3. The van der Waals surface area contributed by atoms with Crippen molar-refractivity contribution in [1.82, 2.24) is 24.1 Å². The van der Waals surface area contributed by atoms with E-state index in [-0.39, 0.29) is 11.1 Å². The summed E-state index contributed by atoms with van der Waals surface area (Å²) in [5, 5.41) is 8.51. The molecule has 0 amide bonds. The number of aryl methyl sites for hydroxylation is 2. The third kappa shape index (κ3) is 2.37. The minimum absolute atomic E-state index is 0.0768. The van der Waals surface area contributed by atoms with Gasteiger partial charge < -0.3 is 0 Å². The van der Waals surface area contributed by atoms with E-state index in [1.54, 1.807) is 22.5 Å². The van der Waals surface area contributed by atoms with Crippen LogP contribution in [-0.2, 0) is 25.6 Å². The van der Waals surface area contributed by atoms with Gasteiger partial charge in [0.25, 0.3) is 0 Å². The smallest absolute Gasteiger partial charge is 0.282 e. The molecule has 2 aromatic heterocycles. The lowest BCUT2D eigenvalue weighted by Crippen LogP contribution is -2.26. The summed E-state index contributed by atoms with van der Waals surface area (Å²) in [4.78, 5) is 12.0. The molecule has 98 valence electrons. The van der Waals surface area contributed by atoms with E-state index in [0.717, 1.165) is 5.82 Å². The van der Waals surface area contributed by atoms with Gasteiger partial charge in [0.15, 0.2) is 0 Å². The van der Waals surface area contributed by atoms with Crippen LogP contribution in [-0.4, -0.2) is 24.1 Å². The largest absolute Gasteiger partial charge is 0.345 e. The highest BCUT2D eigenvalue weighted by Gasteiger charge is 2.22. The summed E-state index contributed by atoms with van der Waals surface area (Å²) in [7, 11) is 1.76. The van der Waals surface area contributed by atoms with E-state index >= 15 is 0 Å². The third-order valence-electron chi connectivity index (χ3n) is 2.81. The van der Waals surface area contributed by atoms with Crippen LogP contribution in [0, 0.1) is 0 Å². The van der Waals surface area contributed by atoms with Crippen molar-refractivity contribution in [2.45, 2.75) is 39.3 Å². The Bertz CT molecular complexity index is 571. The molecule has 0 saturated heterocycles. The fraction of sp³-hybridized carbons (Fsp3) is 0.583. The van der Waals surface area contributed by atoms with E-state index in [1.807, 2.05) is 33.0 Å². The first-order valence-electron chi connectivity index (χ1n) is 6.01. The summed E-state index contributed by atoms with van der Waals surface area (Å²) >= 11 is 0. The lowest BCUT2D eigenvalue weighted by atomic mass is 9.96.